The van der Waals surface area contributed by atoms with Crippen LogP contribution in [0.3, 0.4) is 0 Å². The van der Waals surface area contributed by atoms with Gasteiger partial charge in [0.15, 0.2) is 4.83 Å². The van der Waals surface area contributed by atoms with Crippen molar-refractivity contribution in [2.24, 2.45) is 0 Å². The lowest BCUT2D eigenvalue weighted by Gasteiger charge is -2.12. The SMILES string of the molecule is COC(=O)C(Br)C(F)(F)Br. The van der Waals surface area contributed by atoms with Crippen molar-refractivity contribution < 1.29 is 18.3 Å². The Morgan fingerprint density at radius 1 is 1.70 bits per heavy atom. The molecule has 0 heterocycles. The Hall–Kier alpha value is 0.290. The van der Waals surface area contributed by atoms with Gasteiger partial charge >= 0.3 is 10.8 Å². The van der Waals surface area contributed by atoms with Crippen LogP contribution in [0.2, 0.25) is 0 Å². The summed E-state index contributed by atoms with van der Waals surface area (Å²) in [6.45, 7) is 0. The Morgan fingerprint density at radius 3 is 2.20 bits per heavy atom. The lowest BCUT2D eigenvalue weighted by atomic mass is 10.4. The predicted molar refractivity (Wildman–Crippen MR) is 38.6 cm³/mol. The first-order valence-electron chi connectivity index (χ1n) is 2.18. The van der Waals surface area contributed by atoms with Crippen LogP contribution in [0, 0.1) is 0 Å². The number of alkyl halides is 4. The van der Waals surface area contributed by atoms with Crippen molar-refractivity contribution in [1.82, 2.24) is 0 Å². The Balaban J connectivity index is 4.08. The molecule has 60 valence electrons. The number of halogens is 4. The van der Waals surface area contributed by atoms with E-state index in [2.05, 4.69) is 20.7 Å². The zero-order chi connectivity index (χ0) is 8.36. The normalized spacial score (nSPS) is 14.5. The van der Waals surface area contributed by atoms with Crippen molar-refractivity contribution in [2.75, 3.05) is 7.11 Å². The van der Waals surface area contributed by atoms with Crippen LogP contribution in [0.5, 0.6) is 0 Å². The molecule has 0 aromatic carbocycles. The summed E-state index contributed by atoms with van der Waals surface area (Å²) < 4.78 is 28.3. The maximum atomic E-state index is 12.1. The third kappa shape index (κ3) is 2.92. The van der Waals surface area contributed by atoms with E-state index in [1.54, 1.807) is 0 Å². The van der Waals surface area contributed by atoms with Gasteiger partial charge in [0.1, 0.15) is 0 Å². The lowest BCUT2D eigenvalue weighted by molar-refractivity contribution is -0.143. The number of esters is 1. The van der Waals surface area contributed by atoms with Gasteiger partial charge in [0.2, 0.25) is 0 Å². The molecule has 0 saturated heterocycles. The highest BCUT2D eigenvalue weighted by Gasteiger charge is 2.40. The van der Waals surface area contributed by atoms with Crippen molar-refractivity contribution in [3.05, 3.63) is 0 Å². The van der Waals surface area contributed by atoms with Gasteiger partial charge in [-0.3, -0.25) is 4.79 Å². The third-order valence-corrected chi connectivity index (χ3v) is 2.72. The van der Waals surface area contributed by atoms with E-state index < -0.39 is 15.6 Å². The molecular formula is C4H4Br2F2O2. The van der Waals surface area contributed by atoms with Crippen LogP contribution in [0.4, 0.5) is 8.78 Å². The Bertz CT molecular complexity index is 134. The van der Waals surface area contributed by atoms with Crippen LogP contribution in [0.25, 0.3) is 0 Å². The van der Waals surface area contributed by atoms with E-state index >= 15 is 0 Å². The fourth-order valence-corrected chi connectivity index (χ4v) is 0.611. The first kappa shape index (κ1) is 10.3. The molecule has 0 saturated carbocycles. The van der Waals surface area contributed by atoms with E-state index in [1.165, 1.54) is 0 Å². The number of hydrogen-bond donors (Lipinski definition) is 0. The quantitative estimate of drug-likeness (QED) is 0.571. The summed E-state index contributed by atoms with van der Waals surface area (Å²) in [5.74, 6) is -1.01. The monoisotopic (exact) mass is 280 g/mol. The molecule has 1 unspecified atom stereocenters. The Morgan fingerprint density at radius 2 is 2.10 bits per heavy atom. The van der Waals surface area contributed by atoms with Crippen LogP contribution >= 0.6 is 31.9 Å². The van der Waals surface area contributed by atoms with Crippen LogP contribution in [-0.4, -0.2) is 22.7 Å². The Labute approximate surface area is 73.2 Å². The van der Waals surface area contributed by atoms with Gasteiger partial charge < -0.3 is 4.74 Å². The molecule has 0 fully saturated rings. The molecule has 1 atom stereocenters. The predicted octanol–water partition coefficient (Wildman–Crippen LogP) is 1.91. The highest BCUT2D eigenvalue weighted by Crippen LogP contribution is 2.31. The minimum atomic E-state index is -3.26. The van der Waals surface area contributed by atoms with E-state index in [0.717, 1.165) is 7.11 Å². The second-order valence-electron chi connectivity index (χ2n) is 1.43. The average Bonchev–Trinajstić information content (AvgIpc) is 1.83. The van der Waals surface area contributed by atoms with Crippen molar-refractivity contribution in [1.29, 1.82) is 0 Å². The molecule has 0 rings (SSSR count). The molecule has 0 amide bonds. The first-order valence-corrected chi connectivity index (χ1v) is 3.89. The molecule has 2 nitrogen and oxygen atoms in total. The second-order valence-corrected chi connectivity index (χ2v) is 3.40. The molecule has 10 heavy (non-hydrogen) atoms. The molecule has 0 aliphatic rings. The molecule has 0 aliphatic heterocycles. The molecule has 0 aliphatic carbocycles. The van der Waals surface area contributed by atoms with Crippen molar-refractivity contribution >= 4 is 37.8 Å². The highest BCUT2D eigenvalue weighted by atomic mass is 79.9. The summed E-state index contributed by atoms with van der Waals surface area (Å²) in [4.78, 5) is 5.48. The fourth-order valence-electron chi connectivity index (χ4n) is 0.237. The first-order chi connectivity index (χ1) is 4.39. The lowest BCUT2D eigenvalue weighted by Crippen LogP contribution is -2.30. The number of rotatable bonds is 2. The number of carbonyl (C=O) groups excluding carboxylic acids is 1. The Kier molecular flexibility index (Phi) is 3.72. The van der Waals surface area contributed by atoms with Gasteiger partial charge in [0, 0.05) is 0 Å². The number of methoxy groups -OCH3 is 1. The summed E-state index contributed by atoms with van der Waals surface area (Å²) in [6, 6.07) is 0. The van der Waals surface area contributed by atoms with Gasteiger partial charge in [-0.25, -0.2) is 0 Å². The standard InChI is InChI=1S/C4H4Br2F2O2/c1-10-3(9)2(5)4(6,7)8/h2H,1H3. The molecule has 0 bridgehead atoms. The van der Waals surface area contributed by atoms with E-state index in [-0.39, 0.29) is 0 Å². The molecule has 0 radical (unpaired) electrons. The number of ether oxygens (including phenoxy) is 1. The number of hydrogen-bond acceptors (Lipinski definition) is 2. The van der Waals surface area contributed by atoms with Crippen LogP contribution in [0.15, 0.2) is 0 Å². The van der Waals surface area contributed by atoms with Gasteiger partial charge in [-0.05, 0) is 15.9 Å². The van der Waals surface area contributed by atoms with Crippen LogP contribution < -0.4 is 0 Å². The maximum absolute atomic E-state index is 12.1. The molecule has 0 spiro atoms. The van der Waals surface area contributed by atoms with Gasteiger partial charge in [0.05, 0.1) is 7.11 Å². The van der Waals surface area contributed by atoms with Crippen molar-refractivity contribution in [2.45, 2.75) is 9.66 Å². The van der Waals surface area contributed by atoms with Crippen molar-refractivity contribution in [3.8, 4) is 0 Å². The topological polar surface area (TPSA) is 26.3 Å². The molecule has 0 aromatic rings. The summed E-state index contributed by atoms with van der Waals surface area (Å²) in [5.41, 5.74) is 0. The van der Waals surface area contributed by atoms with E-state index in [4.69, 9.17) is 0 Å². The highest BCUT2D eigenvalue weighted by molar-refractivity contribution is 9.12. The zero-order valence-corrected chi connectivity index (χ0v) is 8.08. The largest absolute Gasteiger partial charge is 0.468 e. The smallest absolute Gasteiger partial charge is 0.326 e. The summed E-state index contributed by atoms with van der Waals surface area (Å²) in [5, 5.41) is 0. The second kappa shape index (κ2) is 3.61. The molecule has 0 N–H and O–H groups in total. The molecule has 6 heteroatoms. The molecule has 0 aromatic heterocycles. The van der Waals surface area contributed by atoms with E-state index in [0.29, 0.717) is 0 Å². The molecular weight excluding hydrogens is 278 g/mol. The van der Waals surface area contributed by atoms with E-state index in [1.807, 2.05) is 15.9 Å². The number of carbonyl (C=O) groups is 1. The van der Waals surface area contributed by atoms with Crippen LogP contribution in [0.1, 0.15) is 0 Å². The fraction of sp³-hybridized carbons (Fsp3) is 0.750. The maximum Gasteiger partial charge on any atom is 0.326 e. The minimum absolute atomic E-state index is 1.01. The van der Waals surface area contributed by atoms with Gasteiger partial charge in [-0.2, -0.15) is 8.78 Å². The summed E-state index contributed by atoms with van der Waals surface area (Å²) >= 11 is 4.46. The van der Waals surface area contributed by atoms with Crippen LogP contribution in [-0.2, 0) is 9.53 Å². The summed E-state index contributed by atoms with van der Waals surface area (Å²) in [7, 11) is 1.04. The van der Waals surface area contributed by atoms with Crippen molar-refractivity contribution in [3.63, 3.8) is 0 Å². The van der Waals surface area contributed by atoms with Gasteiger partial charge in [-0.1, -0.05) is 15.9 Å². The third-order valence-electron chi connectivity index (χ3n) is 0.696. The zero-order valence-electron chi connectivity index (χ0n) is 4.91. The van der Waals surface area contributed by atoms with Gasteiger partial charge in [-0.15, -0.1) is 0 Å². The minimum Gasteiger partial charge on any atom is -0.468 e. The average molecular weight is 282 g/mol. The van der Waals surface area contributed by atoms with E-state index in [9.17, 15) is 13.6 Å². The summed E-state index contributed by atoms with van der Waals surface area (Å²) in [6.07, 6.45) is 0. The van der Waals surface area contributed by atoms with Gasteiger partial charge in [0.25, 0.3) is 0 Å².